The Morgan fingerprint density at radius 3 is 2.67 bits per heavy atom. The lowest BCUT2D eigenvalue weighted by atomic mass is 9.81. The summed E-state index contributed by atoms with van der Waals surface area (Å²) in [4.78, 5) is 21.1. The minimum absolute atomic E-state index is 0.200. The summed E-state index contributed by atoms with van der Waals surface area (Å²) in [5, 5.41) is 3.80. The third kappa shape index (κ3) is 5.29. The molecule has 0 spiro atoms. The molecule has 0 bridgehead atoms. The number of pyridine rings is 1. The Balaban J connectivity index is 1.35. The Morgan fingerprint density at radius 1 is 1.24 bits per heavy atom. The molecule has 1 amide bonds. The van der Waals surface area contributed by atoms with Crippen LogP contribution < -0.4 is 10.2 Å². The van der Waals surface area contributed by atoms with Gasteiger partial charge in [-0.05, 0) is 50.2 Å². The maximum absolute atomic E-state index is 13.6. The molecule has 3 heterocycles. The fourth-order valence-electron chi connectivity index (χ4n) is 5.60. The number of ether oxygens (including phenoxy) is 1. The van der Waals surface area contributed by atoms with Gasteiger partial charge in [-0.25, -0.2) is 4.98 Å². The number of piperazine rings is 1. The van der Waals surface area contributed by atoms with E-state index in [9.17, 15) is 18.0 Å². The highest BCUT2D eigenvalue weighted by molar-refractivity contribution is 5.83. The van der Waals surface area contributed by atoms with Crippen LogP contribution in [0.15, 0.2) is 18.2 Å². The number of hydrogen-bond acceptors (Lipinski definition) is 5. The molecule has 1 aromatic heterocycles. The van der Waals surface area contributed by atoms with E-state index in [1.54, 1.807) is 6.07 Å². The highest BCUT2D eigenvalue weighted by Crippen LogP contribution is 2.43. The lowest BCUT2D eigenvalue weighted by molar-refractivity contribution is -0.142. The fraction of sp³-hybridized carbons (Fsp3) is 0.750. The van der Waals surface area contributed by atoms with Crippen LogP contribution in [0.2, 0.25) is 0 Å². The number of hydrogen-bond donors (Lipinski definition) is 1. The van der Waals surface area contributed by atoms with Crippen molar-refractivity contribution in [1.82, 2.24) is 15.2 Å². The van der Waals surface area contributed by atoms with Crippen molar-refractivity contribution < 1.29 is 22.7 Å². The van der Waals surface area contributed by atoms with Crippen molar-refractivity contribution >= 4 is 11.7 Å². The molecular weight excluding hydrogens is 433 g/mol. The van der Waals surface area contributed by atoms with E-state index >= 15 is 0 Å². The van der Waals surface area contributed by atoms with Crippen LogP contribution >= 0.6 is 0 Å². The van der Waals surface area contributed by atoms with E-state index in [0.717, 1.165) is 51.4 Å². The van der Waals surface area contributed by atoms with Crippen LogP contribution in [0, 0.1) is 11.3 Å². The molecule has 2 aliphatic heterocycles. The normalized spacial score (nSPS) is 31.1. The summed E-state index contributed by atoms with van der Waals surface area (Å²) in [6.45, 7) is 7.87. The molecule has 4 rings (SSSR count). The topological polar surface area (TPSA) is 57.7 Å². The number of aromatic nitrogens is 1. The average Bonchev–Trinajstić information content (AvgIpc) is 3.24. The van der Waals surface area contributed by atoms with Gasteiger partial charge in [-0.2, -0.15) is 13.2 Å². The Bertz CT molecular complexity index is 828. The first-order valence-electron chi connectivity index (χ1n) is 12.1. The predicted octanol–water partition coefficient (Wildman–Crippen LogP) is 3.71. The molecule has 6 nitrogen and oxygen atoms in total. The SMILES string of the molecule is CCC1(C(=O)N2CCN(c3cccc(C(F)(F)F)n3)CC2)CC[C@H](NC2CCOC[C@H]2C)C1. The summed E-state index contributed by atoms with van der Waals surface area (Å²) >= 11 is 0. The van der Waals surface area contributed by atoms with Crippen molar-refractivity contribution in [2.45, 2.75) is 64.2 Å². The zero-order valence-corrected chi connectivity index (χ0v) is 19.5. The van der Waals surface area contributed by atoms with Crippen LogP contribution in [0.4, 0.5) is 19.0 Å². The highest BCUT2D eigenvalue weighted by atomic mass is 19.4. The molecule has 1 aliphatic carbocycles. The number of alkyl halides is 3. The predicted molar refractivity (Wildman–Crippen MR) is 120 cm³/mol. The lowest BCUT2D eigenvalue weighted by Gasteiger charge is -2.40. The van der Waals surface area contributed by atoms with Gasteiger partial charge in [0.1, 0.15) is 11.5 Å². The maximum atomic E-state index is 13.6. The summed E-state index contributed by atoms with van der Waals surface area (Å²) in [5.74, 6) is 0.993. The second kappa shape index (κ2) is 9.78. The van der Waals surface area contributed by atoms with Crippen molar-refractivity contribution in [3.63, 3.8) is 0 Å². The monoisotopic (exact) mass is 468 g/mol. The van der Waals surface area contributed by atoms with Gasteiger partial charge < -0.3 is 19.9 Å². The van der Waals surface area contributed by atoms with Crippen LogP contribution in [0.25, 0.3) is 0 Å². The van der Waals surface area contributed by atoms with Crippen molar-refractivity contribution in [1.29, 1.82) is 0 Å². The minimum atomic E-state index is -4.46. The third-order valence-corrected chi connectivity index (χ3v) is 7.75. The van der Waals surface area contributed by atoms with Gasteiger partial charge in [0.05, 0.1) is 12.0 Å². The van der Waals surface area contributed by atoms with Gasteiger partial charge >= 0.3 is 6.18 Å². The minimum Gasteiger partial charge on any atom is -0.381 e. The Labute approximate surface area is 193 Å². The van der Waals surface area contributed by atoms with Gasteiger partial charge in [-0.3, -0.25) is 4.79 Å². The van der Waals surface area contributed by atoms with Gasteiger partial charge in [0.15, 0.2) is 0 Å². The first-order valence-corrected chi connectivity index (χ1v) is 12.1. The van der Waals surface area contributed by atoms with E-state index in [4.69, 9.17) is 4.74 Å². The summed E-state index contributed by atoms with van der Waals surface area (Å²) in [6, 6.07) is 4.76. The molecule has 0 aromatic carbocycles. The number of nitrogens with one attached hydrogen (secondary N) is 1. The quantitative estimate of drug-likeness (QED) is 0.714. The van der Waals surface area contributed by atoms with Crippen molar-refractivity contribution in [2.24, 2.45) is 11.3 Å². The second-order valence-corrected chi connectivity index (χ2v) is 9.85. The molecule has 9 heteroatoms. The van der Waals surface area contributed by atoms with Crippen LogP contribution in [0.1, 0.15) is 51.6 Å². The average molecular weight is 469 g/mol. The van der Waals surface area contributed by atoms with Crippen LogP contribution in [0.3, 0.4) is 0 Å². The molecule has 2 unspecified atom stereocenters. The van der Waals surface area contributed by atoms with Crippen molar-refractivity contribution in [3.8, 4) is 0 Å². The van der Waals surface area contributed by atoms with Crippen LogP contribution in [-0.4, -0.2) is 67.3 Å². The van der Waals surface area contributed by atoms with Crippen molar-refractivity contribution in [2.75, 3.05) is 44.3 Å². The zero-order valence-electron chi connectivity index (χ0n) is 19.5. The smallest absolute Gasteiger partial charge is 0.381 e. The first-order chi connectivity index (χ1) is 15.7. The van der Waals surface area contributed by atoms with Gasteiger partial charge in [0, 0.05) is 44.9 Å². The number of halogens is 3. The van der Waals surface area contributed by atoms with E-state index < -0.39 is 11.9 Å². The van der Waals surface area contributed by atoms with Gasteiger partial charge in [-0.1, -0.05) is 19.9 Å². The third-order valence-electron chi connectivity index (χ3n) is 7.75. The Kier molecular flexibility index (Phi) is 7.19. The Hall–Kier alpha value is -1.87. The number of nitrogens with zero attached hydrogens (tertiary/aromatic N) is 3. The molecule has 0 radical (unpaired) electrons. The van der Waals surface area contributed by atoms with E-state index in [2.05, 4.69) is 24.1 Å². The lowest BCUT2D eigenvalue weighted by Crippen LogP contribution is -2.53. The summed E-state index contributed by atoms with van der Waals surface area (Å²) in [5.41, 5.74) is -1.23. The molecule has 3 fully saturated rings. The van der Waals surface area contributed by atoms with Crippen molar-refractivity contribution in [3.05, 3.63) is 23.9 Å². The Morgan fingerprint density at radius 2 is 2.00 bits per heavy atom. The van der Waals surface area contributed by atoms with Gasteiger partial charge in [-0.15, -0.1) is 0 Å². The molecule has 4 atom stereocenters. The number of anilines is 1. The van der Waals surface area contributed by atoms with Crippen LogP contribution in [0.5, 0.6) is 0 Å². The molecule has 1 N–H and O–H groups in total. The fourth-order valence-corrected chi connectivity index (χ4v) is 5.60. The van der Waals surface area contributed by atoms with E-state index in [1.807, 2.05) is 9.80 Å². The number of carbonyl (C=O) groups is 1. The van der Waals surface area contributed by atoms with Gasteiger partial charge in [0.2, 0.25) is 5.91 Å². The molecule has 3 aliphatic rings. The first kappa shape index (κ1) is 24.3. The summed E-state index contributed by atoms with van der Waals surface area (Å²) < 4.78 is 44.6. The van der Waals surface area contributed by atoms with E-state index in [-0.39, 0.29) is 11.3 Å². The second-order valence-electron chi connectivity index (χ2n) is 9.85. The van der Waals surface area contributed by atoms with Crippen LogP contribution in [-0.2, 0) is 15.7 Å². The molecule has 33 heavy (non-hydrogen) atoms. The number of carbonyl (C=O) groups excluding carboxylic acids is 1. The van der Waals surface area contributed by atoms with E-state index in [1.165, 1.54) is 6.07 Å². The van der Waals surface area contributed by atoms with E-state index in [0.29, 0.717) is 50.0 Å². The van der Waals surface area contributed by atoms with Gasteiger partial charge in [0.25, 0.3) is 0 Å². The summed E-state index contributed by atoms with van der Waals surface area (Å²) in [7, 11) is 0. The zero-order chi connectivity index (χ0) is 23.6. The highest BCUT2D eigenvalue weighted by Gasteiger charge is 2.46. The maximum Gasteiger partial charge on any atom is 0.433 e. The molecule has 1 saturated carbocycles. The molecular formula is C24H35F3N4O2. The molecule has 184 valence electrons. The summed E-state index contributed by atoms with van der Waals surface area (Å²) in [6.07, 6.45) is 0.0857. The molecule has 1 aromatic rings. The largest absolute Gasteiger partial charge is 0.433 e. The number of amides is 1. The number of rotatable bonds is 5. The standard InChI is InChI=1S/C24H35F3N4O2/c1-3-23(9-7-18(15-23)28-19-8-14-33-16-17(19)2)22(32)31-12-10-30(11-13-31)21-6-4-5-20(29-21)24(25,26)27/h4-6,17-19,28H,3,7-16H2,1-2H3/t17-,18+,19?,23?/m1/s1. The molecule has 2 saturated heterocycles.